The topological polar surface area (TPSA) is 34.9 Å². The average molecular weight is 260 g/mol. The van der Waals surface area contributed by atoms with E-state index in [9.17, 15) is 4.79 Å². The summed E-state index contributed by atoms with van der Waals surface area (Å²) in [6, 6.07) is 15.7. The van der Waals surface area contributed by atoms with E-state index in [1.807, 2.05) is 24.3 Å². The van der Waals surface area contributed by atoms with Gasteiger partial charge >= 0.3 is 0 Å². The second-order valence-electron chi connectivity index (χ2n) is 4.94. The summed E-state index contributed by atoms with van der Waals surface area (Å²) in [5.41, 5.74) is 1.76. The Morgan fingerprint density at radius 3 is 2.35 bits per heavy atom. The van der Waals surface area contributed by atoms with Gasteiger partial charge in [0.05, 0.1) is 11.0 Å². The van der Waals surface area contributed by atoms with Gasteiger partial charge in [-0.05, 0) is 22.9 Å². The Bertz CT molecular complexity index is 996. The molecule has 4 aromatic rings. The van der Waals surface area contributed by atoms with Crippen molar-refractivity contribution in [2.75, 3.05) is 0 Å². The number of aromatic nitrogens is 2. The van der Waals surface area contributed by atoms with Gasteiger partial charge in [-0.2, -0.15) is 0 Å². The van der Waals surface area contributed by atoms with Crippen molar-refractivity contribution in [3.8, 4) is 0 Å². The molecule has 2 aromatic carbocycles. The van der Waals surface area contributed by atoms with Crippen LogP contribution in [-0.2, 0) is 7.05 Å². The van der Waals surface area contributed by atoms with Crippen LogP contribution in [0, 0.1) is 0 Å². The molecule has 4 rings (SSSR count). The highest BCUT2D eigenvalue weighted by molar-refractivity contribution is 6.22. The summed E-state index contributed by atoms with van der Waals surface area (Å²) in [6.07, 6.45) is 1.77. The predicted molar refractivity (Wildman–Crippen MR) is 82.0 cm³/mol. The molecule has 0 amide bonds. The highest BCUT2D eigenvalue weighted by atomic mass is 16.1. The Morgan fingerprint density at radius 1 is 0.850 bits per heavy atom. The summed E-state index contributed by atoms with van der Waals surface area (Å²) in [5, 5.41) is 4.46. The lowest BCUT2D eigenvalue weighted by Gasteiger charge is -2.11. The van der Waals surface area contributed by atoms with Crippen LogP contribution in [-0.4, -0.2) is 9.55 Å². The van der Waals surface area contributed by atoms with Gasteiger partial charge < -0.3 is 4.57 Å². The van der Waals surface area contributed by atoms with E-state index in [2.05, 4.69) is 23.2 Å². The Balaban J connectivity index is 2.49. The van der Waals surface area contributed by atoms with Gasteiger partial charge in [0.2, 0.25) is 0 Å². The van der Waals surface area contributed by atoms with Crippen molar-refractivity contribution in [1.82, 2.24) is 9.55 Å². The molecule has 0 bridgehead atoms. The molecule has 3 nitrogen and oxygen atoms in total. The van der Waals surface area contributed by atoms with Gasteiger partial charge in [0.25, 0.3) is 5.56 Å². The van der Waals surface area contributed by atoms with Crippen molar-refractivity contribution in [3.63, 3.8) is 0 Å². The lowest BCUT2D eigenvalue weighted by molar-refractivity contribution is 0.909. The molecule has 0 saturated heterocycles. The van der Waals surface area contributed by atoms with Crippen LogP contribution < -0.4 is 5.56 Å². The van der Waals surface area contributed by atoms with E-state index in [0.29, 0.717) is 0 Å². The van der Waals surface area contributed by atoms with Crippen LogP contribution in [0.5, 0.6) is 0 Å². The molecule has 2 heterocycles. The molecule has 0 aliphatic heterocycles. The van der Waals surface area contributed by atoms with Crippen molar-refractivity contribution in [2.45, 2.75) is 0 Å². The molecular formula is C17H12N2O. The molecule has 0 aliphatic carbocycles. The Kier molecular flexibility index (Phi) is 2.18. The second kappa shape index (κ2) is 3.90. The maximum absolute atomic E-state index is 11.9. The molecule has 0 unspecified atom stereocenters. The first kappa shape index (κ1) is 11.2. The highest BCUT2D eigenvalue weighted by Gasteiger charge is 2.11. The van der Waals surface area contributed by atoms with Crippen LogP contribution in [0.15, 0.2) is 59.5 Å². The first-order valence-electron chi connectivity index (χ1n) is 6.52. The zero-order valence-electron chi connectivity index (χ0n) is 11.0. The fourth-order valence-electron chi connectivity index (χ4n) is 2.90. The Labute approximate surface area is 115 Å². The van der Waals surface area contributed by atoms with E-state index in [4.69, 9.17) is 0 Å². The standard InChI is InChI=1S/C17H12N2O/c1-19-15(20)9-8-14-12-6-3-2-5-11(12)13-7-4-10-18-16(13)17(14)19/h2-10H,1H3. The molecule has 0 spiro atoms. The van der Waals surface area contributed by atoms with E-state index in [1.54, 1.807) is 23.9 Å². The third-order valence-corrected chi connectivity index (χ3v) is 3.85. The number of fused-ring (bicyclic) bond motifs is 6. The summed E-state index contributed by atoms with van der Waals surface area (Å²) in [5.74, 6) is 0. The molecule has 3 heteroatoms. The second-order valence-corrected chi connectivity index (χ2v) is 4.94. The maximum atomic E-state index is 11.9. The van der Waals surface area contributed by atoms with Crippen molar-refractivity contribution < 1.29 is 0 Å². The van der Waals surface area contributed by atoms with Gasteiger partial charge in [-0.1, -0.05) is 30.3 Å². The van der Waals surface area contributed by atoms with Gasteiger partial charge in [0.15, 0.2) is 0 Å². The van der Waals surface area contributed by atoms with Crippen LogP contribution in [0.2, 0.25) is 0 Å². The minimum atomic E-state index is -0.0141. The number of pyridine rings is 2. The van der Waals surface area contributed by atoms with E-state index >= 15 is 0 Å². The number of nitrogens with zero attached hydrogens (tertiary/aromatic N) is 2. The first-order valence-corrected chi connectivity index (χ1v) is 6.52. The van der Waals surface area contributed by atoms with Crippen LogP contribution in [0.1, 0.15) is 0 Å². The third-order valence-electron chi connectivity index (χ3n) is 3.85. The molecule has 96 valence electrons. The number of hydrogen-bond donors (Lipinski definition) is 0. The van der Waals surface area contributed by atoms with Crippen molar-refractivity contribution in [2.24, 2.45) is 7.05 Å². The monoisotopic (exact) mass is 260 g/mol. The zero-order chi connectivity index (χ0) is 13.7. The normalized spacial score (nSPS) is 11.4. The van der Waals surface area contributed by atoms with Gasteiger partial charge in [-0.15, -0.1) is 0 Å². The van der Waals surface area contributed by atoms with Crippen molar-refractivity contribution in [1.29, 1.82) is 0 Å². The molecule has 0 saturated carbocycles. The molecule has 20 heavy (non-hydrogen) atoms. The van der Waals surface area contributed by atoms with E-state index < -0.39 is 0 Å². The average Bonchev–Trinajstić information content (AvgIpc) is 2.50. The predicted octanol–water partition coefficient (Wildman–Crippen LogP) is 3.24. The molecule has 0 radical (unpaired) electrons. The number of hydrogen-bond acceptors (Lipinski definition) is 2. The maximum Gasteiger partial charge on any atom is 0.250 e. The van der Waals surface area contributed by atoms with Gasteiger partial charge in [-0.3, -0.25) is 9.78 Å². The lowest BCUT2D eigenvalue weighted by Crippen LogP contribution is -2.15. The largest absolute Gasteiger partial charge is 0.309 e. The molecule has 0 N–H and O–H groups in total. The first-order chi connectivity index (χ1) is 9.77. The van der Waals surface area contributed by atoms with Gasteiger partial charge in [0, 0.05) is 30.1 Å². The minimum Gasteiger partial charge on any atom is -0.309 e. The van der Waals surface area contributed by atoms with E-state index in [-0.39, 0.29) is 5.56 Å². The minimum absolute atomic E-state index is 0.0141. The van der Waals surface area contributed by atoms with Crippen molar-refractivity contribution >= 4 is 32.6 Å². The molecule has 2 aromatic heterocycles. The Morgan fingerprint density at radius 2 is 1.55 bits per heavy atom. The van der Waals surface area contributed by atoms with E-state index in [1.165, 1.54) is 5.39 Å². The summed E-state index contributed by atoms with van der Waals surface area (Å²) in [6.45, 7) is 0. The smallest absolute Gasteiger partial charge is 0.250 e. The fraction of sp³-hybridized carbons (Fsp3) is 0.0588. The van der Waals surface area contributed by atoms with Crippen LogP contribution in [0.4, 0.5) is 0 Å². The van der Waals surface area contributed by atoms with Crippen LogP contribution >= 0.6 is 0 Å². The lowest BCUT2D eigenvalue weighted by atomic mass is 10.00. The van der Waals surface area contributed by atoms with Gasteiger partial charge in [0.1, 0.15) is 0 Å². The number of rotatable bonds is 0. The third kappa shape index (κ3) is 1.35. The molecule has 0 atom stereocenters. The number of benzene rings is 2. The fourth-order valence-corrected chi connectivity index (χ4v) is 2.90. The number of aryl methyl sites for hydroxylation is 1. The summed E-state index contributed by atoms with van der Waals surface area (Å²) >= 11 is 0. The summed E-state index contributed by atoms with van der Waals surface area (Å²) in [7, 11) is 1.80. The van der Waals surface area contributed by atoms with Crippen molar-refractivity contribution in [3.05, 3.63) is 65.1 Å². The van der Waals surface area contributed by atoms with Crippen LogP contribution in [0.25, 0.3) is 32.6 Å². The Hall–Kier alpha value is -2.68. The molecule has 0 fully saturated rings. The summed E-state index contributed by atoms with van der Waals surface area (Å²) in [4.78, 5) is 16.4. The quantitative estimate of drug-likeness (QED) is 0.455. The molecule has 0 aliphatic rings. The van der Waals surface area contributed by atoms with Gasteiger partial charge in [-0.25, -0.2) is 0 Å². The molecular weight excluding hydrogens is 248 g/mol. The zero-order valence-corrected chi connectivity index (χ0v) is 11.0. The summed E-state index contributed by atoms with van der Waals surface area (Å²) < 4.78 is 1.68. The van der Waals surface area contributed by atoms with E-state index in [0.717, 1.165) is 27.2 Å². The highest BCUT2D eigenvalue weighted by Crippen LogP contribution is 2.32. The van der Waals surface area contributed by atoms with Crippen LogP contribution in [0.3, 0.4) is 0 Å². The SMILES string of the molecule is Cn1c(=O)ccc2c3ccccc3c3cccnc3c21.